The monoisotopic (exact) mass is 573 g/mol. The fourth-order valence-electron chi connectivity index (χ4n) is 3.82. The SMILES string of the molecule is Cc1ccc(N(CC(=O)N(Cc2ccc(F)cc2)C(C)C(=O)NC(C)(C)C)S(=O)(=O)c2ccc(Cl)cc2)cc1. The number of aryl methyl sites for hydroxylation is 1. The molecule has 0 spiro atoms. The number of hydrogen-bond donors (Lipinski definition) is 1. The molecule has 0 aliphatic rings. The van der Waals surface area contributed by atoms with Crippen LogP contribution in [0.4, 0.5) is 10.1 Å². The number of carbonyl (C=O) groups is 2. The van der Waals surface area contributed by atoms with E-state index in [4.69, 9.17) is 11.6 Å². The first-order chi connectivity index (χ1) is 18.2. The van der Waals surface area contributed by atoms with Gasteiger partial charge in [-0.05, 0) is 88.7 Å². The fourth-order valence-corrected chi connectivity index (χ4v) is 5.36. The van der Waals surface area contributed by atoms with Crippen molar-refractivity contribution in [2.45, 2.75) is 57.6 Å². The molecule has 10 heteroatoms. The van der Waals surface area contributed by atoms with Gasteiger partial charge in [-0.1, -0.05) is 41.4 Å². The number of halogens is 2. The van der Waals surface area contributed by atoms with Crippen LogP contribution in [-0.2, 0) is 26.2 Å². The molecule has 208 valence electrons. The normalized spacial score (nSPS) is 12.5. The molecule has 0 aliphatic carbocycles. The number of nitrogens with one attached hydrogen (secondary N) is 1. The number of hydrogen-bond acceptors (Lipinski definition) is 4. The highest BCUT2D eigenvalue weighted by molar-refractivity contribution is 7.92. The standard InChI is InChI=1S/C29H33ClFN3O4S/c1-20-6-14-25(15-7-20)34(39(37,38)26-16-10-23(30)11-17-26)19-27(35)33(18-22-8-12-24(31)13-9-22)21(2)28(36)32-29(3,4)5/h6-17,21H,18-19H2,1-5H3,(H,32,36). The quantitative estimate of drug-likeness (QED) is 0.376. The van der Waals surface area contributed by atoms with Crippen LogP contribution in [0.25, 0.3) is 0 Å². The Morgan fingerprint density at radius 3 is 2.05 bits per heavy atom. The van der Waals surface area contributed by atoms with Gasteiger partial charge >= 0.3 is 0 Å². The van der Waals surface area contributed by atoms with Gasteiger partial charge in [0.2, 0.25) is 11.8 Å². The summed E-state index contributed by atoms with van der Waals surface area (Å²) in [6.45, 7) is 8.31. The van der Waals surface area contributed by atoms with E-state index in [2.05, 4.69) is 5.32 Å². The molecular weight excluding hydrogens is 541 g/mol. The van der Waals surface area contributed by atoms with Crippen LogP contribution in [0, 0.1) is 12.7 Å². The lowest BCUT2D eigenvalue weighted by molar-refractivity contribution is -0.140. The molecule has 3 aromatic rings. The molecule has 0 saturated carbocycles. The van der Waals surface area contributed by atoms with Gasteiger partial charge in [0.1, 0.15) is 18.4 Å². The van der Waals surface area contributed by atoms with Crippen molar-refractivity contribution in [3.05, 3.63) is 94.8 Å². The van der Waals surface area contributed by atoms with E-state index in [1.165, 1.54) is 53.4 Å². The van der Waals surface area contributed by atoms with Crippen molar-refractivity contribution >= 4 is 39.1 Å². The Morgan fingerprint density at radius 2 is 1.51 bits per heavy atom. The average Bonchev–Trinajstić information content (AvgIpc) is 2.86. The zero-order valence-corrected chi connectivity index (χ0v) is 24.2. The molecule has 1 N–H and O–H groups in total. The molecular formula is C29H33ClFN3O4S. The third kappa shape index (κ3) is 8.03. The number of benzene rings is 3. The van der Waals surface area contributed by atoms with Crippen LogP contribution < -0.4 is 9.62 Å². The van der Waals surface area contributed by atoms with Gasteiger partial charge in [0.25, 0.3) is 10.0 Å². The minimum atomic E-state index is -4.19. The van der Waals surface area contributed by atoms with E-state index < -0.39 is 45.8 Å². The molecule has 7 nitrogen and oxygen atoms in total. The number of rotatable bonds is 9. The van der Waals surface area contributed by atoms with E-state index in [1.54, 1.807) is 31.2 Å². The zero-order chi connectivity index (χ0) is 29.0. The smallest absolute Gasteiger partial charge is 0.264 e. The van der Waals surface area contributed by atoms with Crippen molar-refractivity contribution in [3.63, 3.8) is 0 Å². The Morgan fingerprint density at radius 1 is 0.949 bits per heavy atom. The Bertz CT molecular complexity index is 1400. The molecule has 3 rings (SSSR count). The largest absolute Gasteiger partial charge is 0.350 e. The summed E-state index contributed by atoms with van der Waals surface area (Å²) in [5, 5.41) is 3.24. The predicted molar refractivity (Wildman–Crippen MR) is 151 cm³/mol. The summed E-state index contributed by atoms with van der Waals surface area (Å²) in [5.74, 6) is -1.44. The second-order valence-electron chi connectivity index (χ2n) is 10.4. The van der Waals surface area contributed by atoms with Gasteiger partial charge in [-0.2, -0.15) is 0 Å². The second kappa shape index (κ2) is 12.2. The van der Waals surface area contributed by atoms with Crippen LogP contribution in [0.3, 0.4) is 0 Å². The van der Waals surface area contributed by atoms with Crippen molar-refractivity contribution in [1.82, 2.24) is 10.2 Å². The molecule has 0 radical (unpaired) electrons. The van der Waals surface area contributed by atoms with Gasteiger partial charge in [-0.25, -0.2) is 12.8 Å². The topological polar surface area (TPSA) is 86.8 Å². The summed E-state index contributed by atoms with van der Waals surface area (Å²) in [7, 11) is -4.19. The first-order valence-electron chi connectivity index (χ1n) is 12.4. The van der Waals surface area contributed by atoms with Crippen LogP contribution in [0.2, 0.25) is 5.02 Å². The van der Waals surface area contributed by atoms with Gasteiger partial charge in [0, 0.05) is 17.1 Å². The fraction of sp³-hybridized carbons (Fsp3) is 0.310. The predicted octanol–water partition coefficient (Wildman–Crippen LogP) is 5.31. The molecule has 1 unspecified atom stereocenters. The summed E-state index contributed by atoms with van der Waals surface area (Å²) in [6, 6.07) is 17.0. The highest BCUT2D eigenvalue weighted by Crippen LogP contribution is 2.26. The number of anilines is 1. The van der Waals surface area contributed by atoms with E-state index >= 15 is 0 Å². The van der Waals surface area contributed by atoms with Gasteiger partial charge in [-0.3, -0.25) is 13.9 Å². The molecule has 0 aliphatic heterocycles. The Kier molecular flexibility index (Phi) is 9.40. The highest BCUT2D eigenvalue weighted by Gasteiger charge is 2.33. The maximum atomic E-state index is 13.9. The molecule has 2 amide bonds. The van der Waals surface area contributed by atoms with Crippen molar-refractivity contribution in [3.8, 4) is 0 Å². The van der Waals surface area contributed by atoms with Crippen LogP contribution in [0.1, 0.15) is 38.8 Å². The number of nitrogens with zero attached hydrogens (tertiary/aromatic N) is 2. The van der Waals surface area contributed by atoms with Crippen LogP contribution >= 0.6 is 11.6 Å². The minimum absolute atomic E-state index is 0.0272. The van der Waals surface area contributed by atoms with E-state index in [1.807, 2.05) is 27.7 Å². The maximum Gasteiger partial charge on any atom is 0.264 e. The van der Waals surface area contributed by atoms with Crippen molar-refractivity contribution < 1.29 is 22.4 Å². The van der Waals surface area contributed by atoms with Gasteiger partial charge in [-0.15, -0.1) is 0 Å². The first kappa shape index (κ1) is 30.1. The zero-order valence-electron chi connectivity index (χ0n) is 22.6. The second-order valence-corrected chi connectivity index (χ2v) is 12.7. The lowest BCUT2D eigenvalue weighted by atomic mass is 10.1. The van der Waals surface area contributed by atoms with E-state index in [-0.39, 0.29) is 17.1 Å². The summed E-state index contributed by atoms with van der Waals surface area (Å²) in [4.78, 5) is 28.2. The molecule has 0 saturated heterocycles. The van der Waals surface area contributed by atoms with E-state index in [9.17, 15) is 22.4 Å². The number of sulfonamides is 1. The highest BCUT2D eigenvalue weighted by atomic mass is 35.5. The summed E-state index contributed by atoms with van der Waals surface area (Å²) >= 11 is 5.97. The van der Waals surface area contributed by atoms with Gasteiger partial charge in [0.15, 0.2) is 0 Å². The lowest BCUT2D eigenvalue weighted by Crippen LogP contribution is -2.54. The molecule has 3 aromatic carbocycles. The van der Waals surface area contributed by atoms with Crippen molar-refractivity contribution in [2.75, 3.05) is 10.8 Å². The summed E-state index contributed by atoms with van der Waals surface area (Å²) in [6.07, 6.45) is 0. The Balaban J connectivity index is 2.02. The molecule has 0 fully saturated rings. The number of amides is 2. The van der Waals surface area contributed by atoms with Crippen LogP contribution in [-0.4, -0.2) is 43.3 Å². The third-order valence-electron chi connectivity index (χ3n) is 5.93. The average molecular weight is 574 g/mol. The Hall–Kier alpha value is -3.43. The van der Waals surface area contributed by atoms with Gasteiger partial charge < -0.3 is 10.2 Å². The molecule has 0 aromatic heterocycles. The minimum Gasteiger partial charge on any atom is -0.350 e. The third-order valence-corrected chi connectivity index (χ3v) is 7.97. The van der Waals surface area contributed by atoms with E-state index in [0.29, 0.717) is 10.6 Å². The Labute approximate surface area is 234 Å². The van der Waals surface area contributed by atoms with Crippen LogP contribution in [0.5, 0.6) is 0 Å². The number of carbonyl (C=O) groups excluding carboxylic acids is 2. The van der Waals surface area contributed by atoms with Crippen molar-refractivity contribution in [2.24, 2.45) is 0 Å². The maximum absolute atomic E-state index is 13.9. The molecule has 0 bridgehead atoms. The van der Waals surface area contributed by atoms with Gasteiger partial charge in [0.05, 0.1) is 10.6 Å². The summed E-state index contributed by atoms with van der Waals surface area (Å²) < 4.78 is 42.1. The molecule has 1 atom stereocenters. The summed E-state index contributed by atoms with van der Waals surface area (Å²) in [5.41, 5.74) is 1.24. The van der Waals surface area contributed by atoms with Crippen LogP contribution in [0.15, 0.2) is 77.7 Å². The molecule has 39 heavy (non-hydrogen) atoms. The van der Waals surface area contributed by atoms with Crippen molar-refractivity contribution in [1.29, 1.82) is 0 Å². The van der Waals surface area contributed by atoms with E-state index in [0.717, 1.165) is 9.87 Å². The molecule has 0 heterocycles. The first-order valence-corrected chi connectivity index (χ1v) is 14.2. The lowest BCUT2D eigenvalue weighted by Gasteiger charge is -2.33.